The van der Waals surface area contributed by atoms with Gasteiger partial charge in [-0.1, -0.05) is 73.1 Å². The van der Waals surface area contributed by atoms with E-state index in [0.717, 1.165) is 35.9 Å². The molecule has 2 aromatic heterocycles. The van der Waals surface area contributed by atoms with Crippen molar-refractivity contribution in [1.82, 2.24) is 15.0 Å². The normalized spacial score (nSPS) is 20.5. The Morgan fingerprint density at radius 1 is 1.03 bits per heavy atom. The van der Waals surface area contributed by atoms with Crippen molar-refractivity contribution in [2.45, 2.75) is 32.3 Å². The van der Waals surface area contributed by atoms with Crippen LogP contribution >= 0.6 is 11.6 Å². The zero-order valence-electron chi connectivity index (χ0n) is 17.3. The molecule has 5 nitrogen and oxygen atoms in total. The average Bonchev–Trinajstić information content (AvgIpc) is 3.17. The number of rotatable bonds is 6. The van der Waals surface area contributed by atoms with Gasteiger partial charge >= 0.3 is 0 Å². The molecule has 0 bridgehead atoms. The van der Waals surface area contributed by atoms with Crippen LogP contribution in [0.15, 0.2) is 60.7 Å². The number of benzene rings is 2. The lowest BCUT2D eigenvalue weighted by atomic mass is 9.65. The molecule has 2 aromatic carbocycles. The van der Waals surface area contributed by atoms with Crippen LogP contribution in [0.1, 0.15) is 26.2 Å². The van der Waals surface area contributed by atoms with Crippen LogP contribution < -0.4 is 4.74 Å². The van der Waals surface area contributed by atoms with Gasteiger partial charge in [-0.05, 0) is 36.5 Å². The molecule has 0 unspecified atom stereocenters. The fourth-order valence-electron chi connectivity index (χ4n) is 4.28. The third-order valence-electron chi connectivity index (χ3n) is 6.36. The Labute approximate surface area is 186 Å². The molecule has 0 spiro atoms. The van der Waals surface area contributed by atoms with Crippen LogP contribution in [-0.4, -0.2) is 32.8 Å². The van der Waals surface area contributed by atoms with Gasteiger partial charge in [0.05, 0.1) is 16.2 Å². The van der Waals surface area contributed by atoms with Crippen molar-refractivity contribution in [3.05, 3.63) is 65.7 Å². The van der Waals surface area contributed by atoms with Gasteiger partial charge in [0.15, 0.2) is 5.65 Å². The van der Waals surface area contributed by atoms with Crippen LogP contribution in [0.4, 0.5) is 0 Å². The SMILES string of the molecule is CCC1(CO)CC(Oc2nc3nc(-c4ccc(-c5ccccc5)cc4)c(Cl)cc3[nH]2)C1. The molecule has 1 aliphatic carbocycles. The summed E-state index contributed by atoms with van der Waals surface area (Å²) in [7, 11) is 0. The molecule has 6 heteroatoms. The van der Waals surface area contributed by atoms with Gasteiger partial charge in [0, 0.05) is 17.6 Å². The molecule has 31 heavy (non-hydrogen) atoms. The number of fused-ring (bicyclic) bond motifs is 1. The number of ether oxygens (including phenoxy) is 1. The third kappa shape index (κ3) is 3.80. The highest BCUT2D eigenvalue weighted by Crippen LogP contribution is 2.45. The van der Waals surface area contributed by atoms with Gasteiger partial charge in [-0.25, -0.2) is 4.98 Å². The fourth-order valence-corrected chi connectivity index (χ4v) is 4.54. The molecule has 0 saturated heterocycles. The number of aliphatic hydroxyl groups is 1. The summed E-state index contributed by atoms with van der Waals surface area (Å²) < 4.78 is 5.98. The van der Waals surface area contributed by atoms with E-state index in [-0.39, 0.29) is 18.1 Å². The molecular formula is C25H24ClN3O2. The van der Waals surface area contributed by atoms with Gasteiger partial charge in [-0.2, -0.15) is 4.98 Å². The molecule has 0 aliphatic heterocycles. The molecule has 0 atom stereocenters. The Hall–Kier alpha value is -2.89. The maximum absolute atomic E-state index is 9.58. The van der Waals surface area contributed by atoms with Crippen LogP contribution in [0.25, 0.3) is 33.5 Å². The number of nitrogens with one attached hydrogen (secondary N) is 1. The number of nitrogens with zero attached hydrogens (tertiary/aromatic N) is 2. The zero-order chi connectivity index (χ0) is 21.4. The zero-order valence-corrected chi connectivity index (χ0v) is 18.1. The highest BCUT2D eigenvalue weighted by atomic mass is 35.5. The number of halogens is 1. The number of aliphatic hydroxyl groups excluding tert-OH is 1. The second-order valence-corrected chi connectivity index (χ2v) is 8.74. The minimum atomic E-state index is -0.00266. The standard InChI is InChI=1S/C25H24ClN3O2/c1-2-25(15-30)13-19(14-25)31-24-27-21-12-20(26)22(28-23(21)29-24)18-10-8-17(9-11-18)16-6-4-3-5-7-16/h3-12,19,30H,2,13-15H2,1H3,(H,27,28,29). The Balaban J connectivity index is 1.37. The van der Waals surface area contributed by atoms with Crippen molar-refractivity contribution < 1.29 is 9.84 Å². The van der Waals surface area contributed by atoms with Crippen molar-refractivity contribution in [3.63, 3.8) is 0 Å². The smallest absolute Gasteiger partial charge is 0.296 e. The highest BCUT2D eigenvalue weighted by Gasteiger charge is 2.44. The molecule has 5 rings (SSSR count). The number of H-pyrrole nitrogens is 1. The summed E-state index contributed by atoms with van der Waals surface area (Å²) in [6, 6.07) is 20.7. The van der Waals surface area contributed by atoms with E-state index in [1.54, 1.807) is 0 Å². The summed E-state index contributed by atoms with van der Waals surface area (Å²) in [6.07, 6.45) is 2.69. The maximum atomic E-state index is 9.58. The lowest BCUT2D eigenvalue weighted by Gasteiger charge is -2.45. The topological polar surface area (TPSA) is 71.0 Å². The van der Waals surface area contributed by atoms with E-state index in [0.29, 0.717) is 22.4 Å². The van der Waals surface area contributed by atoms with Gasteiger partial charge in [0.2, 0.25) is 0 Å². The van der Waals surface area contributed by atoms with E-state index in [1.165, 1.54) is 5.56 Å². The van der Waals surface area contributed by atoms with Crippen LogP contribution in [0.5, 0.6) is 6.01 Å². The first-order chi connectivity index (χ1) is 15.1. The molecule has 0 amide bonds. The van der Waals surface area contributed by atoms with E-state index in [4.69, 9.17) is 16.3 Å². The lowest BCUT2D eigenvalue weighted by molar-refractivity contribution is -0.0559. The van der Waals surface area contributed by atoms with E-state index >= 15 is 0 Å². The van der Waals surface area contributed by atoms with Gasteiger partial charge < -0.3 is 14.8 Å². The van der Waals surface area contributed by atoms with E-state index in [2.05, 4.69) is 46.1 Å². The van der Waals surface area contributed by atoms with Gasteiger partial charge in [0.1, 0.15) is 6.10 Å². The minimum absolute atomic E-state index is 0.00266. The van der Waals surface area contributed by atoms with Gasteiger partial charge in [-0.3, -0.25) is 0 Å². The third-order valence-corrected chi connectivity index (χ3v) is 6.64. The molecule has 1 aliphatic rings. The molecule has 2 N–H and O–H groups in total. The summed E-state index contributed by atoms with van der Waals surface area (Å²) in [6.45, 7) is 2.31. The summed E-state index contributed by atoms with van der Waals surface area (Å²) in [5.74, 6) is 0. The minimum Gasteiger partial charge on any atom is -0.461 e. The van der Waals surface area contributed by atoms with Crippen LogP contribution in [0.3, 0.4) is 0 Å². The highest BCUT2D eigenvalue weighted by molar-refractivity contribution is 6.33. The van der Waals surface area contributed by atoms with Gasteiger partial charge in [0.25, 0.3) is 6.01 Å². The number of hydrogen-bond acceptors (Lipinski definition) is 4. The molecule has 158 valence electrons. The second-order valence-electron chi connectivity index (χ2n) is 8.34. The second kappa shape index (κ2) is 7.98. The Morgan fingerprint density at radius 2 is 1.71 bits per heavy atom. The quantitative estimate of drug-likeness (QED) is 0.398. The van der Waals surface area contributed by atoms with Crippen LogP contribution in [0.2, 0.25) is 5.02 Å². The van der Waals surface area contributed by atoms with Gasteiger partial charge in [-0.15, -0.1) is 0 Å². The first-order valence-electron chi connectivity index (χ1n) is 10.6. The first kappa shape index (κ1) is 20.0. The molecule has 1 saturated carbocycles. The number of imidazole rings is 1. The summed E-state index contributed by atoms with van der Waals surface area (Å²) in [4.78, 5) is 12.4. The lowest BCUT2D eigenvalue weighted by Crippen LogP contribution is -2.46. The van der Waals surface area contributed by atoms with Crippen molar-refractivity contribution in [2.24, 2.45) is 5.41 Å². The fraction of sp³-hybridized carbons (Fsp3) is 0.280. The van der Waals surface area contributed by atoms with E-state index in [9.17, 15) is 5.11 Å². The average molecular weight is 434 g/mol. The Kier molecular flexibility index (Phi) is 5.16. The summed E-state index contributed by atoms with van der Waals surface area (Å²) in [5.41, 5.74) is 5.26. The molecular weight excluding hydrogens is 410 g/mol. The molecule has 1 fully saturated rings. The summed E-state index contributed by atoms with van der Waals surface area (Å²) in [5, 5.41) is 10.1. The first-order valence-corrected chi connectivity index (χ1v) is 11.0. The van der Waals surface area contributed by atoms with Crippen molar-refractivity contribution in [3.8, 4) is 28.4 Å². The Bertz CT molecular complexity index is 1190. The predicted octanol–water partition coefficient (Wildman–Crippen LogP) is 5.88. The van der Waals surface area contributed by atoms with Crippen molar-refractivity contribution in [2.75, 3.05) is 6.61 Å². The van der Waals surface area contributed by atoms with Crippen LogP contribution in [0, 0.1) is 5.41 Å². The monoisotopic (exact) mass is 433 g/mol. The number of aromatic amines is 1. The summed E-state index contributed by atoms with van der Waals surface area (Å²) >= 11 is 6.54. The number of aromatic nitrogens is 3. The molecule has 4 aromatic rings. The molecule has 2 heterocycles. The van der Waals surface area contributed by atoms with Crippen molar-refractivity contribution >= 4 is 22.8 Å². The van der Waals surface area contributed by atoms with Crippen LogP contribution in [-0.2, 0) is 0 Å². The Morgan fingerprint density at radius 3 is 2.39 bits per heavy atom. The number of hydrogen-bond donors (Lipinski definition) is 2. The largest absolute Gasteiger partial charge is 0.461 e. The number of pyridine rings is 1. The van der Waals surface area contributed by atoms with Crippen molar-refractivity contribution in [1.29, 1.82) is 0 Å². The van der Waals surface area contributed by atoms with E-state index < -0.39 is 0 Å². The maximum Gasteiger partial charge on any atom is 0.296 e. The predicted molar refractivity (Wildman–Crippen MR) is 123 cm³/mol. The van der Waals surface area contributed by atoms with E-state index in [1.807, 2.05) is 36.4 Å². The molecule has 0 radical (unpaired) electrons.